The first-order valence-electron chi connectivity index (χ1n) is 3.06. The summed E-state index contributed by atoms with van der Waals surface area (Å²) in [4.78, 5) is 0.298. The lowest BCUT2D eigenvalue weighted by Crippen LogP contribution is -2.03. The number of hydrogen-bond acceptors (Lipinski definition) is 2. The van der Waals surface area contributed by atoms with Gasteiger partial charge in [0, 0.05) is 6.26 Å². The van der Waals surface area contributed by atoms with Gasteiger partial charge in [-0.15, -0.1) is 0 Å². The van der Waals surface area contributed by atoms with Gasteiger partial charge in [-0.25, -0.2) is 8.42 Å². The zero-order valence-corrected chi connectivity index (χ0v) is 6.93. The Balaban J connectivity index is 3.20. The molecule has 2 nitrogen and oxygen atoms in total. The van der Waals surface area contributed by atoms with E-state index in [9.17, 15) is 8.42 Å². The largest absolute Gasteiger partial charge is 0.224 e. The highest BCUT2D eigenvalue weighted by molar-refractivity contribution is 7.90. The van der Waals surface area contributed by atoms with Crippen molar-refractivity contribution in [3.8, 4) is 0 Å². The summed E-state index contributed by atoms with van der Waals surface area (Å²) < 4.78 is 21.8. The fourth-order valence-corrected chi connectivity index (χ4v) is 1.35. The van der Waals surface area contributed by atoms with Gasteiger partial charge < -0.3 is 0 Å². The molecule has 0 fully saturated rings. The van der Waals surface area contributed by atoms with Crippen LogP contribution in [0.3, 0.4) is 0 Å². The first kappa shape index (κ1) is 8.33. The second kappa shape index (κ2) is 2.70. The van der Waals surface area contributed by atoms with Crippen molar-refractivity contribution in [3.63, 3.8) is 0 Å². The maximum Gasteiger partial charge on any atom is 0.175 e. The minimum atomic E-state index is -3.08. The van der Waals surface area contributed by atoms with Crippen LogP contribution in [0.1, 0.15) is 0 Å². The number of hydrogen-bond donors (Lipinski definition) is 0. The lowest BCUT2D eigenvalue weighted by Gasteiger charge is -1.97. The Labute approximate surface area is 67.6 Å². The van der Waals surface area contributed by atoms with Gasteiger partial charge in [0.05, 0.1) is 4.90 Å². The maximum absolute atomic E-state index is 10.9. The highest BCUT2D eigenvalue weighted by Gasteiger charge is 2.04. The van der Waals surface area contributed by atoms with E-state index < -0.39 is 9.84 Å². The Morgan fingerprint density at radius 2 is 1.64 bits per heavy atom. The zero-order chi connectivity index (χ0) is 8.48. The fraction of sp³-hybridized carbons (Fsp3) is 0.143. The highest BCUT2D eigenvalue weighted by atomic mass is 32.2. The molecule has 0 N–H and O–H groups in total. The van der Waals surface area contributed by atoms with Crippen LogP contribution in [0.2, 0.25) is 0 Å². The fourth-order valence-electron chi connectivity index (χ4n) is 0.715. The van der Waals surface area contributed by atoms with Crippen molar-refractivity contribution in [1.82, 2.24) is 0 Å². The van der Waals surface area contributed by atoms with Gasteiger partial charge in [-0.1, -0.05) is 17.6 Å². The molecule has 11 heavy (non-hydrogen) atoms. The SMILES string of the molecule is [B]c1ccc(S(C)(=O)=O)cc1. The predicted octanol–water partition coefficient (Wildman–Crippen LogP) is -0.116. The molecule has 1 aromatic rings. The molecule has 2 radical (unpaired) electrons. The summed E-state index contributed by atoms with van der Waals surface area (Å²) >= 11 is 0. The van der Waals surface area contributed by atoms with E-state index in [1.165, 1.54) is 18.4 Å². The Morgan fingerprint density at radius 3 is 2.00 bits per heavy atom. The Morgan fingerprint density at radius 1 is 1.18 bits per heavy atom. The molecule has 0 aliphatic carbocycles. The van der Waals surface area contributed by atoms with Gasteiger partial charge in [-0.3, -0.25) is 0 Å². The second-order valence-electron chi connectivity index (χ2n) is 2.34. The van der Waals surface area contributed by atoms with Crippen LogP contribution in [-0.2, 0) is 9.84 Å². The molecule has 0 saturated carbocycles. The summed E-state index contributed by atoms with van der Waals surface area (Å²) in [6.07, 6.45) is 1.17. The zero-order valence-electron chi connectivity index (χ0n) is 6.11. The van der Waals surface area contributed by atoms with Crippen LogP contribution in [0.15, 0.2) is 29.2 Å². The molecular weight excluding hydrogens is 159 g/mol. The molecule has 0 unspecified atom stereocenters. The van der Waals surface area contributed by atoms with Gasteiger partial charge in [-0.05, 0) is 12.1 Å². The summed E-state index contributed by atoms with van der Waals surface area (Å²) in [5.74, 6) is 0. The molecule has 0 aliphatic rings. The average molecular weight is 166 g/mol. The van der Waals surface area contributed by atoms with Crippen molar-refractivity contribution in [2.45, 2.75) is 4.90 Å². The van der Waals surface area contributed by atoms with E-state index in [0.717, 1.165) is 0 Å². The van der Waals surface area contributed by atoms with Crippen molar-refractivity contribution >= 4 is 23.1 Å². The average Bonchev–Trinajstić information content (AvgIpc) is 1.86. The second-order valence-corrected chi connectivity index (χ2v) is 4.36. The van der Waals surface area contributed by atoms with Crippen molar-refractivity contribution < 1.29 is 8.42 Å². The number of sulfone groups is 1. The van der Waals surface area contributed by atoms with E-state index in [1.54, 1.807) is 12.1 Å². The molecule has 1 aromatic carbocycles. The topological polar surface area (TPSA) is 34.1 Å². The molecule has 0 heterocycles. The lowest BCUT2D eigenvalue weighted by atomic mass is 9.97. The molecule has 4 heteroatoms. The molecule has 0 atom stereocenters. The summed E-state index contributed by atoms with van der Waals surface area (Å²) in [6, 6.07) is 6.11. The van der Waals surface area contributed by atoms with Gasteiger partial charge in [0.2, 0.25) is 0 Å². The monoisotopic (exact) mass is 166 g/mol. The Hall–Kier alpha value is -0.765. The van der Waals surface area contributed by atoms with Gasteiger partial charge in [-0.2, -0.15) is 0 Å². The summed E-state index contributed by atoms with van der Waals surface area (Å²) in [5.41, 5.74) is 0.567. The Kier molecular flexibility index (Phi) is 2.04. The summed E-state index contributed by atoms with van der Waals surface area (Å²) in [6.45, 7) is 0. The third-order valence-electron chi connectivity index (χ3n) is 1.31. The van der Waals surface area contributed by atoms with Gasteiger partial charge in [0.25, 0.3) is 0 Å². The molecule has 0 aliphatic heterocycles. The van der Waals surface area contributed by atoms with Crippen LogP contribution in [-0.4, -0.2) is 22.5 Å². The van der Waals surface area contributed by atoms with Crippen LogP contribution >= 0.6 is 0 Å². The smallest absolute Gasteiger partial charge is 0.175 e. The van der Waals surface area contributed by atoms with E-state index in [1.807, 2.05) is 0 Å². The van der Waals surface area contributed by atoms with Crippen LogP contribution in [0.5, 0.6) is 0 Å². The first-order chi connectivity index (χ1) is 5.00. The molecule has 1 rings (SSSR count). The van der Waals surface area contributed by atoms with Crippen molar-refractivity contribution in [1.29, 1.82) is 0 Å². The quantitative estimate of drug-likeness (QED) is 0.545. The van der Waals surface area contributed by atoms with Crippen LogP contribution in [0.25, 0.3) is 0 Å². The standard InChI is InChI=1S/C7H7BO2S/c1-11(9,10)7-4-2-6(8)3-5-7/h2-5H,1H3. The maximum atomic E-state index is 10.9. The van der Waals surface area contributed by atoms with Gasteiger partial charge in [0.15, 0.2) is 9.84 Å². The minimum Gasteiger partial charge on any atom is -0.224 e. The highest BCUT2D eigenvalue weighted by Crippen LogP contribution is 2.04. The minimum absolute atomic E-state index is 0.298. The van der Waals surface area contributed by atoms with Gasteiger partial charge in [0.1, 0.15) is 7.85 Å². The summed E-state index contributed by atoms with van der Waals surface area (Å²) in [5, 5.41) is 0. The van der Waals surface area contributed by atoms with Crippen molar-refractivity contribution in [3.05, 3.63) is 24.3 Å². The molecular formula is C7H7BO2S. The van der Waals surface area contributed by atoms with Crippen LogP contribution in [0, 0.1) is 0 Å². The van der Waals surface area contributed by atoms with E-state index >= 15 is 0 Å². The Bertz CT molecular complexity index is 339. The van der Waals surface area contributed by atoms with E-state index in [0.29, 0.717) is 10.4 Å². The van der Waals surface area contributed by atoms with Gasteiger partial charge >= 0.3 is 0 Å². The normalized spacial score (nSPS) is 11.4. The molecule has 56 valence electrons. The predicted molar refractivity (Wildman–Crippen MR) is 44.9 cm³/mol. The number of benzene rings is 1. The molecule has 0 amide bonds. The van der Waals surface area contributed by atoms with Crippen LogP contribution < -0.4 is 5.46 Å². The molecule has 0 saturated heterocycles. The van der Waals surface area contributed by atoms with E-state index in [2.05, 4.69) is 0 Å². The third kappa shape index (κ3) is 2.08. The molecule has 0 aromatic heterocycles. The third-order valence-corrected chi connectivity index (χ3v) is 2.44. The molecule has 0 spiro atoms. The first-order valence-corrected chi connectivity index (χ1v) is 4.95. The lowest BCUT2D eigenvalue weighted by molar-refractivity contribution is 0.602. The van der Waals surface area contributed by atoms with Crippen LogP contribution in [0.4, 0.5) is 0 Å². The van der Waals surface area contributed by atoms with E-state index in [4.69, 9.17) is 7.85 Å². The van der Waals surface area contributed by atoms with Crippen molar-refractivity contribution in [2.75, 3.05) is 6.26 Å². The van der Waals surface area contributed by atoms with Crippen molar-refractivity contribution in [2.24, 2.45) is 0 Å². The van der Waals surface area contributed by atoms with E-state index in [-0.39, 0.29) is 0 Å². The molecule has 0 bridgehead atoms. The summed E-state index contributed by atoms with van der Waals surface area (Å²) in [7, 11) is 2.30. The number of rotatable bonds is 1.